The van der Waals surface area contributed by atoms with Crippen LogP contribution in [0.5, 0.6) is 0 Å². The second kappa shape index (κ2) is 4.40. The molecule has 0 heterocycles. The van der Waals surface area contributed by atoms with Crippen molar-refractivity contribution in [3.63, 3.8) is 0 Å². The quantitative estimate of drug-likeness (QED) is 0.404. The van der Waals surface area contributed by atoms with Crippen LogP contribution in [0.2, 0.25) is 4.89 Å². The van der Waals surface area contributed by atoms with Crippen molar-refractivity contribution >= 4 is 0 Å². The number of rotatable bonds is 1. The van der Waals surface area contributed by atoms with Crippen LogP contribution in [0.1, 0.15) is 6.92 Å². The summed E-state index contributed by atoms with van der Waals surface area (Å²) < 4.78 is 0. The van der Waals surface area contributed by atoms with Gasteiger partial charge in [-0.25, -0.2) is 0 Å². The van der Waals surface area contributed by atoms with E-state index in [9.17, 15) is 0 Å². The van der Waals surface area contributed by atoms with Crippen LogP contribution < -0.4 is 0 Å². The fourth-order valence-corrected chi connectivity index (χ4v) is 0.441. The fraction of sp³-hybridized carbons (Fsp3) is 0.500. The van der Waals surface area contributed by atoms with Gasteiger partial charge in [0.15, 0.2) is 0 Å². The van der Waals surface area contributed by atoms with Crippen molar-refractivity contribution in [3.8, 4) is 0 Å². The fourth-order valence-electron chi connectivity index (χ4n) is 0.0745. The average Bonchev–Trinajstić information content (AvgIpc) is 1.41. The van der Waals surface area contributed by atoms with Crippen LogP contribution in [0.25, 0.3) is 0 Å². The zero-order valence-electron chi connectivity index (χ0n) is 3.18. The van der Waals surface area contributed by atoms with E-state index in [0.29, 0.717) is 0 Å². The SMILES string of the molecule is CC=C[CH2][Pd]. The summed E-state index contributed by atoms with van der Waals surface area (Å²) in [6.45, 7) is 2.01. The Morgan fingerprint density at radius 1 is 1.80 bits per heavy atom. The van der Waals surface area contributed by atoms with E-state index in [2.05, 4.69) is 25.3 Å². The Bertz CT molecular complexity index is 30.6. The Labute approximate surface area is 43.7 Å². The Morgan fingerprint density at radius 2 is 2.40 bits per heavy atom. The summed E-state index contributed by atoms with van der Waals surface area (Å²) in [7, 11) is 0. The van der Waals surface area contributed by atoms with Crippen molar-refractivity contribution in [3.05, 3.63) is 12.2 Å². The molecule has 0 aromatic heterocycles. The van der Waals surface area contributed by atoms with E-state index < -0.39 is 0 Å². The summed E-state index contributed by atoms with van der Waals surface area (Å²) in [5, 5.41) is 0. The van der Waals surface area contributed by atoms with Gasteiger partial charge in [0.05, 0.1) is 0 Å². The number of allylic oxidation sites excluding steroid dienone is 2. The van der Waals surface area contributed by atoms with Crippen LogP contribution in [0.15, 0.2) is 12.2 Å². The molecule has 0 saturated heterocycles. The van der Waals surface area contributed by atoms with Gasteiger partial charge in [0.2, 0.25) is 0 Å². The molecule has 0 atom stereocenters. The van der Waals surface area contributed by atoms with Crippen LogP contribution in [-0.2, 0) is 19.2 Å². The molecular weight excluding hydrogens is 154 g/mol. The molecule has 0 nitrogen and oxygen atoms in total. The third kappa shape index (κ3) is 4.40. The molecule has 0 radical (unpaired) electrons. The Morgan fingerprint density at radius 3 is 2.40 bits per heavy atom. The van der Waals surface area contributed by atoms with Crippen molar-refractivity contribution in [2.45, 2.75) is 11.8 Å². The van der Waals surface area contributed by atoms with Gasteiger partial charge in [-0.3, -0.25) is 0 Å². The molecule has 0 bridgehead atoms. The number of hydrogen-bond acceptors (Lipinski definition) is 0. The standard InChI is InChI=1S/C4H7.Pd/c1-3-4-2;/h3-4H,1H2,2H3;. The van der Waals surface area contributed by atoms with E-state index in [4.69, 9.17) is 0 Å². The van der Waals surface area contributed by atoms with E-state index >= 15 is 0 Å². The van der Waals surface area contributed by atoms with E-state index in [-0.39, 0.29) is 0 Å². The molecule has 5 heavy (non-hydrogen) atoms. The number of hydrogen-bond donors (Lipinski definition) is 0. The molecule has 0 aromatic rings. The molecule has 0 aromatic carbocycles. The van der Waals surface area contributed by atoms with E-state index in [1.807, 2.05) is 13.0 Å². The first kappa shape index (κ1) is 5.40. The van der Waals surface area contributed by atoms with E-state index in [0.717, 1.165) is 4.89 Å². The predicted molar refractivity (Wildman–Crippen MR) is 19.6 cm³/mol. The van der Waals surface area contributed by atoms with Crippen molar-refractivity contribution in [1.29, 1.82) is 0 Å². The summed E-state index contributed by atoms with van der Waals surface area (Å²) in [5.74, 6) is 0. The Kier molecular flexibility index (Phi) is 4.76. The van der Waals surface area contributed by atoms with Crippen molar-refractivity contribution in [2.24, 2.45) is 0 Å². The first-order chi connectivity index (χ1) is 2.41. The molecule has 0 saturated carbocycles. The van der Waals surface area contributed by atoms with Gasteiger partial charge in [0.1, 0.15) is 0 Å². The van der Waals surface area contributed by atoms with Gasteiger partial charge in [0, 0.05) is 0 Å². The molecule has 0 fully saturated rings. The second-order valence-corrected chi connectivity index (χ2v) is 1.33. The zero-order chi connectivity index (χ0) is 4.12. The molecule has 1 heteroatoms. The third-order valence-electron chi connectivity index (χ3n) is 0.310. The van der Waals surface area contributed by atoms with Crippen molar-refractivity contribution in [1.82, 2.24) is 0 Å². The summed E-state index contributed by atoms with van der Waals surface area (Å²) in [6.07, 6.45) is 4.08. The molecular formula is C4H7Pd. The Hall–Kier alpha value is 0.402. The van der Waals surface area contributed by atoms with Gasteiger partial charge >= 0.3 is 43.2 Å². The second-order valence-electron chi connectivity index (χ2n) is 0.698. The van der Waals surface area contributed by atoms with Gasteiger partial charge in [-0.1, -0.05) is 0 Å². The van der Waals surface area contributed by atoms with E-state index in [1.165, 1.54) is 0 Å². The minimum atomic E-state index is 1.01. The predicted octanol–water partition coefficient (Wildman–Crippen LogP) is 1.53. The molecule has 0 N–H and O–H groups in total. The summed E-state index contributed by atoms with van der Waals surface area (Å²) in [4.78, 5) is 1.01. The van der Waals surface area contributed by atoms with Crippen LogP contribution >= 0.6 is 0 Å². The average molecular weight is 162 g/mol. The molecule has 33 valence electrons. The van der Waals surface area contributed by atoms with Crippen LogP contribution in [-0.4, -0.2) is 0 Å². The Balaban J connectivity index is 2.62. The van der Waals surface area contributed by atoms with Gasteiger partial charge < -0.3 is 0 Å². The summed E-state index contributed by atoms with van der Waals surface area (Å²) in [6, 6.07) is 0. The van der Waals surface area contributed by atoms with Crippen LogP contribution in [0, 0.1) is 0 Å². The molecule has 0 spiro atoms. The molecule has 0 aliphatic rings. The topological polar surface area (TPSA) is 0 Å². The zero-order valence-corrected chi connectivity index (χ0v) is 4.73. The van der Waals surface area contributed by atoms with Gasteiger partial charge in [-0.2, -0.15) is 0 Å². The first-order valence-electron chi connectivity index (χ1n) is 1.54. The molecule has 0 amide bonds. The van der Waals surface area contributed by atoms with Gasteiger partial charge in [-0.15, -0.1) is 0 Å². The first-order valence-corrected chi connectivity index (χ1v) is 2.64. The maximum atomic E-state index is 3.00. The maximum absolute atomic E-state index is 3.00. The van der Waals surface area contributed by atoms with Gasteiger partial charge in [-0.05, 0) is 0 Å². The molecule has 0 aliphatic heterocycles. The van der Waals surface area contributed by atoms with Gasteiger partial charge in [0.25, 0.3) is 0 Å². The monoisotopic (exact) mass is 161 g/mol. The van der Waals surface area contributed by atoms with Crippen LogP contribution in [0.4, 0.5) is 0 Å². The van der Waals surface area contributed by atoms with Crippen LogP contribution in [0.3, 0.4) is 0 Å². The molecule has 0 unspecified atom stereocenters. The van der Waals surface area contributed by atoms with E-state index in [1.54, 1.807) is 0 Å². The normalized spacial score (nSPS) is 10.2. The molecule has 0 aliphatic carbocycles. The summed E-state index contributed by atoms with van der Waals surface area (Å²) in [5.41, 5.74) is 0. The minimum absolute atomic E-state index is 1.01. The third-order valence-corrected chi connectivity index (χ3v) is 0.677. The van der Waals surface area contributed by atoms with Crippen molar-refractivity contribution < 1.29 is 19.2 Å². The molecule has 0 rings (SSSR count). The van der Waals surface area contributed by atoms with Crippen molar-refractivity contribution in [2.75, 3.05) is 0 Å². The summed E-state index contributed by atoms with van der Waals surface area (Å²) >= 11 is 3.00.